The third-order valence-electron chi connectivity index (χ3n) is 5.00. The lowest BCUT2D eigenvalue weighted by atomic mass is 9.97. The standard InChI is InChI=1S/C21H15BrClN3O7S/c22-14-8-17(33-11-13-10-32-16-6-3-4-12(9-27)19(13)16)21(24-20(14)23)25-34(30,31)18-7-2-1-5-15(18)26(28)29/h1-9,13H,10-11H2,(H,24,25)/t13-/m1/s1. The zero-order valence-electron chi connectivity index (χ0n) is 17.1. The number of nitrogens with zero attached hydrogens (tertiary/aromatic N) is 2. The van der Waals surface area contributed by atoms with Crippen LogP contribution in [0.1, 0.15) is 21.8 Å². The molecule has 2 aromatic carbocycles. The van der Waals surface area contributed by atoms with Crippen LogP contribution in [0.25, 0.3) is 0 Å². The summed E-state index contributed by atoms with van der Waals surface area (Å²) in [7, 11) is -4.42. The minimum Gasteiger partial charge on any atom is -0.492 e. The van der Waals surface area contributed by atoms with E-state index in [0.29, 0.717) is 21.3 Å². The van der Waals surface area contributed by atoms with Gasteiger partial charge < -0.3 is 9.47 Å². The lowest BCUT2D eigenvalue weighted by Crippen LogP contribution is -2.18. The van der Waals surface area contributed by atoms with Gasteiger partial charge in [0.1, 0.15) is 17.2 Å². The highest BCUT2D eigenvalue weighted by Gasteiger charge is 2.30. The van der Waals surface area contributed by atoms with E-state index < -0.39 is 25.5 Å². The Labute approximate surface area is 207 Å². The Morgan fingerprint density at radius 2 is 2.06 bits per heavy atom. The maximum atomic E-state index is 13.0. The van der Waals surface area contributed by atoms with Crippen molar-refractivity contribution in [3.05, 3.63) is 79.4 Å². The van der Waals surface area contributed by atoms with Crippen molar-refractivity contribution in [2.24, 2.45) is 0 Å². The molecule has 0 saturated heterocycles. The summed E-state index contributed by atoms with van der Waals surface area (Å²) in [4.78, 5) is 25.4. The van der Waals surface area contributed by atoms with Crippen LogP contribution < -0.4 is 14.2 Å². The second-order valence-corrected chi connectivity index (χ2v) is 10.00. The molecule has 0 aliphatic carbocycles. The van der Waals surface area contributed by atoms with Crippen LogP contribution in [-0.2, 0) is 10.0 Å². The van der Waals surface area contributed by atoms with Crippen LogP contribution in [-0.4, -0.2) is 37.8 Å². The van der Waals surface area contributed by atoms with Gasteiger partial charge in [-0.1, -0.05) is 35.9 Å². The number of nitrogens with one attached hydrogen (secondary N) is 1. The van der Waals surface area contributed by atoms with Crippen molar-refractivity contribution >= 4 is 55.3 Å². The summed E-state index contributed by atoms with van der Waals surface area (Å²) in [6.07, 6.45) is 0.729. The van der Waals surface area contributed by atoms with E-state index in [1.54, 1.807) is 18.2 Å². The number of sulfonamides is 1. The molecule has 1 aliphatic rings. The normalized spacial score (nSPS) is 14.7. The van der Waals surface area contributed by atoms with E-state index in [0.717, 1.165) is 18.4 Å². The topological polar surface area (TPSA) is 138 Å². The summed E-state index contributed by atoms with van der Waals surface area (Å²) in [5.74, 6) is 0.0427. The Hall–Kier alpha value is -3.22. The molecule has 0 unspecified atom stereocenters. The van der Waals surface area contributed by atoms with E-state index in [9.17, 15) is 23.3 Å². The number of pyridine rings is 1. The highest BCUT2D eigenvalue weighted by Crippen LogP contribution is 2.38. The third-order valence-corrected chi connectivity index (χ3v) is 7.50. The van der Waals surface area contributed by atoms with Gasteiger partial charge in [-0.05, 0) is 28.1 Å². The second-order valence-electron chi connectivity index (χ2n) is 7.13. The molecule has 4 rings (SSSR count). The number of para-hydroxylation sites is 1. The number of carbonyl (C=O) groups excluding carboxylic acids is 1. The number of nitro groups is 1. The molecule has 10 nitrogen and oxygen atoms in total. The average Bonchev–Trinajstić information content (AvgIpc) is 3.23. The summed E-state index contributed by atoms with van der Waals surface area (Å²) in [6.45, 7) is 0.299. The average molecular weight is 569 g/mol. The molecule has 0 spiro atoms. The predicted octanol–water partition coefficient (Wildman–Crippen LogP) is 4.57. The highest BCUT2D eigenvalue weighted by atomic mass is 79.9. The lowest BCUT2D eigenvalue weighted by Gasteiger charge is -2.16. The van der Waals surface area contributed by atoms with Crippen molar-refractivity contribution in [3.8, 4) is 11.5 Å². The van der Waals surface area contributed by atoms with E-state index in [4.69, 9.17) is 21.1 Å². The van der Waals surface area contributed by atoms with Gasteiger partial charge in [0.15, 0.2) is 16.5 Å². The smallest absolute Gasteiger partial charge is 0.289 e. The van der Waals surface area contributed by atoms with E-state index in [1.165, 1.54) is 18.2 Å². The maximum absolute atomic E-state index is 13.0. The predicted molar refractivity (Wildman–Crippen MR) is 126 cm³/mol. The molecule has 0 fully saturated rings. The number of hydrogen-bond donors (Lipinski definition) is 1. The molecule has 13 heteroatoms. The van der Waals surface area contributed by atoms with Gasteiger partial charge in [-0.2, -0.15) is 0 Å². The van der Waals surface area contributed by atoms with Crippen molar-refractivity contribution in [1.29, 1.82) is 0 Å². The summed E-state index contributed by atoms with van der Waals surface area (Å²) in [5, 5.41) is 11.2. The number of fused-ring (bicyclic) bond motifs is 1. The molecule has 0 radical (unpaired) electrons. The van der Waals surface area contributed by atoms with Crippen molar-refractivity contribution in [2.45, 2.75) is 10.8 Å². The summed E-state index contributed by atoms with van der Waals surface area (Å²) >= 11 is 9.29. The van der Waals surface area contributed by atoms with Crippen LogP contribution in [0.2, 0.25) is 5.15 Å². The number of rotatable bonds is 8. The first kappa shape index (κ1) is 23.9. The zero-order chi connectivity index (χ0) is 24.5. The van der Waals surface area contributed by atoms with Gasteiger partial charge in [0.2, 0.25) is 0 Å². The number of halogens is 2. The first-order chi connectivity index (χ1) is 16.2. The quantitative estimate of drug-likeness (QED) is 0.180. The fourth-order valence-corrected chi connectivity index (χ4v) is 5.09. The number of carbonyl (C=O) groups is 1. The van der Waals surface area contributed by atoms with Crippen molar-refractivity contribution in [1.82, 2.24) is 4.98 Å². The molecule has 34 heavy (non-hydrogen) atoms. The zero-order valence-corrected chi connectivity index (χ0v) is 20.3. The molecule has 3 aromatic rings. The third kappa shape index (κ3) is 4.69. The van der Waals surface area contributed by atoms with Crippen molar-refractivity contribution in [2.75, 3.05) is 17.9 Å². The molecule has 0 bridgehead atoms. The lowest BCUT2D eigenvalue weighted by molar-refractivity contribution is -0.387. The van der Waals surface area contributed by atoms with Crippen LogP contribution in [0.3, 0.4) is 0 Å². The maximum Gasteiger partial charge on any atom is 0.289 e. The van der Waals surface area contributed by atoms with Gasteiger partial charge in [-0.25, -0.2) is 13.4 Å². The first-order valence-corrected chi connectivity index (χ1v) is 12.3. The minimum atomic E-state index is -4.42. The first-order valence-electron chi connectivity index (χ1n) is 9.67. The molecule has 0 saturated carbocycles. The van der Waals surface area contributed by atoms with Crippen LogP contribution >= 0.6 is 27.5 Å². The van der Waals surface area contributed by atoms with Crippen molar-refractivity contribution < 1.29 is 27.6 Å². The fraction of sp³-hybridized carbons (Fsp3) is 0.143. The number of anilines is 1. The number of nitro benzene ring substituents is 1. The monoisotopic (exact) mass is 567 g/mol. The fourth-order valence-electron chi connectivity index (χ4n) is 3.47. The van der Waals surface area contributed by atoms with Crippen molar-refractivity contribution in [3.63, 3.8) is 0 Å². The molecule has 176 valence electrons. The van der Waals surface area contributed by atoms with Crippen LogP contribution in [0.4, 0.5) is 11.5 Å². The van der Waals surface area contributed by atoms with Gasteiger partial charge >= 0.3 is 0 Å². The van der Waals surface area contributed by atoms with Gasteiger partial charge in [0, 0.05) is 23.3 Å². The van der Waals surface area contributed by atoms with E-state index in [1.807, 2.05) is 0 Å². The Morgan fingerprint density at radius 1 is 1.29 bits per heavy atom. The largest absolute Gasteiger partial charge is 0.492 e. The molecule has 1 N–H and O–H groups in total. The highest BCUT2D eigenvalue weighted by molar-refractivity contribution is 9.10. The van der Waals surface area contributed by atoms with Gasteiger partial charge in [0.05, 0.1) is 28.5 Å². The number of aromatic nitrogens is 1. The summed E-state index contributed by atoms with van der Waals surface area (Å²) in [5.41, 5.74) is 0.568. The Bertz CT molecular complexity index is 1400. The van der Waals surface area contributed by atoms with E-state index in [-0.39, 0.29) is 35.9 Å². The number of hydrogen-bond acceptors (Lipinski definition) is 8. The molecule has 2 heterocycles. The molecule has 1 aliphatic heterocycles. The van der Waals surface area contributed by atoms with Gasteiger partial charge in [0.25, 0.3) is 15.7 Å². The molecule has 1 aromatic heterocycles. The molecular weight excluding hydrogens is 554 g/mol. The Morgan fingerprint density at radius 3 is 2.79 bits per heavy atom. The number of benzene rings is 2. The Balaban J connectivity index is 1.64. The number of aldehydes is 1. The van der Waals surface area contributed by atoms with Crippen LogP contribution in [0.5, 0.6) is 11.5 Å². The van der Waals surface area contributed by atoms with E-state index in [2.05, 4.69) is 25.6 Å². The van der Waals surface area contributed by atoms with E-state index >= 15 is 0 Å². The minimum absolute atomic E-state index is 0.0236. The van der Waals surface area contributed by atoms with Gasteiger partial charge in [-0.15, -0.1) is 0 Å². The second kappa shape index (κ2) is 9.57. The molecule has 1 atom stereocenters. The van der Waals surface area contributed by atoms with Crippen LogP contribution in [0.15, 0.2) is 57.9 Å². The SMILES string of the molecule is O=Cc1cccc2c1[C@@H](COc1cc(Br)c(Cl)nc1NS(=O)(=O)c1ccccc1[N+](=O)[O-])CO2. The Kier molecular flexibility index (Phi) is 6.73. The van der Waals surface area contributed by atoms with Crippen LogP contribution in [0, 0.1) is 10.1 Å². The molecular formula is C21H15BrClN3O7S. The summed E-state index contributed by atoms with van der Waals surface area (Å²) in [6, 6.07) is 11.5. The van der Waals surface area contributed by atoms with Gasteiger partial charge in [-0.3, -0.25) is 19.6 Å². The summed E-state index contributed by atoms with van der Waals surface area (Å²) < 4.78 is 40.0. The molecule has 0 amide bonds. The number of ether oxygens (including phenoxy) is 2.